The van der Waals surface area contributed by atoms with Crippen molar-refractivity contribution in [2.75, 3.05) is 0 Å². The second-order valence-corrected chi connectivity index (χ2v) is 1.60. The van der Waals surface area contributed by atoms with Gasteiger partial charge in [0.15, 0.2) is 6.17 Å². The summed E-state index contributed by atoms with van der Waals surface area (Å²) in [6, 6.07) is -1.60. The van der Waals surface area contributed by atoms with Crippen molar-refractivity contribution >= 4 is 12.1 Å². The summed E-state index contributed by atoms with van der Waals surface area (Å²) in [5, 5.41) is 4.17. The number of hydrogen-bond donors (Lipinski definition) is 4. The number of amides is 4. The highest BCUT2D eigenvalue weighted by molar-refractivity contribution is 5.77. The Balaban J connectivity index is 3.85. The third-order valence-corrected chi connectivity index (χ3v) is 0.720. The Morgan fingerprint density at radius 3 is 1.73 bits per heavy atom. The summed E-state index contributed by atoms with van der Waals surface area (Å²) >= 11 is 0. The maximum absolute atomic E-state index is 10.2. The molecule has 0 aromatic carbocycles. The predicted octanol–water partition coefficient (Wildman–Crippen LogP) is -1.00. The minimum atomic E-state index is -0.798. The van der Waals surface area contributed by atoms with Crippen LogP contribution < -0.4 is 22.1 Å². The maximum Gasteiger partial charge on any atom is 0.314 e. The summed E-state index contributed by atoms with van der Waals surface area (Å²) in [6.45, 7) is 3.29. The molecule has 4 amide bonds. The SMILES string of the molecule is C=C[C](NC(N)=O)NC(N)=O. The molecule has 11 heavy (non-hydrogen) atoms. The maximum atomic E-state index is 10.2. The lowest BCUT2D eigenvalue weighted by Crippen LogP contribution is -2.44. The van der Waals surface area contributed by atoms with Crippen LogP contribution in [0, 0.1) is 6.17 Å². The quantitative estimate of drug-likeness (QED) is 0.421. The molecular weight excluding hydrogens is 148 g/mol. The molecule has 0 aliphatic rings. The third-order valence-electron chi connectivity index (χ3n) is 0.720. The second-order valence-electron chi connectivity index (χ2n) is 1.60. The first-order chi connectivity index (χ1) is 5.06. The number of carbonyl (C=O) groups is 2. The Bertz CT molecular complexity index is 163. The molecule has 0 aromatic heterocycles. The first kappa shape index (κ1) is 9.28. The van der Waals surface area contributed by atoms with Crippen LogP contribution in [0.15, 0.2) is 12.7 Å². The van der Waals surface area contributed by atoms with Crippen LogP contribution in [0.1, 0.15) is 0 Å². The molecule has 0 aromatic rings. The van der Waals surface area contributed by atoms with Gasteiger partial charge >= 0.3 is 12.1 Å². The van der Waals surface area contributed by atoms with Crippen molar-refractivity contribution in [2.24, 2.45) is 11.5 Å². The van der Waals surface area contributed by atoms with Crippen LogP contribution in [0.5, 0.6) is 0 Å². The minimum absolute atomic E-state index is 0.0602. The molecule has 0 heterocycles. The normalized spacial score (nSPS) is 8.82. The topological polar surface area (TPSA) is 110 Å². The Labute approximate surface area is 63.6 Å². The number of urea groups is 2. The van der Waals surface area contributed by atoms with Gasteiger partial charge in [-0.3, -0.25) is 0 Å². The zero-order chi connectivity index (χ0) is 8.85. The van der Waals surface area contributed by atoms with Crippen LogP contribution in [0.3, 0.4) is 0 Å². The molecular formula is C5H9N4O2. The third kappa shape index (κ3) is 4.76. The van der Waals surface area contributed by atoms with E-state index in [-0.39, 0.29) is 6.17 Å². The number of primary amides is 2. The summed E-state index contributed by atoms with van der Waals surface area (Å²) in [5.74, 6) is 0. The second kappa shape index (κ2) is 4.15. The fraction of sp³-hybridized carbons (Fsp3) is 0. The van der Waals surface area contributed by atoms with Crippen molar-refractivity contribution < 1.29 is 9.59 Å². The summed E-state index contributed by atoms with van der Waals surface area (Å²) in [6.07, 6.45) is 1.26. The van der Waals surface area contributed by atoms with Crippen LogP contribution >= 0.6 is 0 Å². The van der Waals surface area contributed by atoms with E-state index < -0.39 is 12.1 Å². The number of carbonyl (C=O) groups excluding carboxylic acids is 2. The zero-order valence-electron chi connectivity index (χ0n) is 5.76. The summed E-state index contributed by atoms with van der Waals surface area (Å²) < 4.78 is 0. The first-order valence-corrected chi connectivity index (χ1v) is 2.68. The van der Waals surface area contributed by atoms with Crippen LogP contribution in [0.4, 0.5) is 9.59 Å². The number of rotatable bonds is 3. The van der Waals surface area contributed by atoms with Crippen molar-refractivity contribution in [2.45, 2.75) is 0 Å². The van der Waals surface area contributed by atoms with Gasteiger partial charge in [-0.25, -0.2) is 9.59 Å². The van der Waals surface area contributed by atoms with Crippen molar-refractivity contribution in [1.82, 2.24) is 10.6 Å². The minimum Gasteiger partial charge on any atom is -0.352 e. The van der Waals surface area contributed by atoms with Gasteiger partial charge in [-0.2, -0.15) is 0 Å². The molecule has 0 saturated heterocycles. The first-order valence-electron chi connectivity index (χ1n) is 2.68. The summed E-state index contributed by atoms with van der Waals surface area (Å²) in [7, 11) is 0. The van der Waals surface area contributed by atoms with Crippen molar-refractivity contribution in [1.29, 1.82) is 0 Å². The van der Waals surface area contributed by atoms with E-state index in [2.05, 4.69) is 17.2 Å². The van der Waals surface area contributed by atoms with Gasteiger partial charge in [0, 0.05) is 0 Å². The van der Waals surface area contributed by atoms with E-state index in [1.54, 1.807) is 0 Å². The standard InChI is InChI=1S/C5H9N4O2/c1-2-3(8-4(6)10)9-5(7)11/h2H,1H2,(H3,6,8,10)(H3,7,9,11). The lowest BCUT2D eigenvalue weighted by Gasteiger charge is -2.10. The molecule has 0 aliphatic carbocycles. The number of hydrogen-bond acceptors (Lipinski definition) is 2. The molecule has 0 saturated carbocycles. The van der Waals surface area contributed by atoms with E-state index in [9.17, 15) is 9.59 Å². The lowest BCUT2D eigenvalue weighted by atomic mass is 10.5. The van der Waals surface area contributed by atoms with Gasteiger partial charge in [-0.1, -0.05) is 6.58 Å². The van der Waals surface area contributed by atoms with Gasteiger partial charge in [0.05, 0.1) is 0 Å². The molecule has 6 N–H and O–H groups in total. The fourth-order valence-corrected chi connectivity index (χ4v) is 0.399. The summed E-state index contributed by atoms with van der Waals surface area (Å²) in [4.78, 5) is 20.4. The molecule has 0 rings (SSSR count). The molecule has 6 heteroatoms. The van der Waals surface area contributed by atoms with E-state index >= 15 is 0 Å². The highest BCUT2D eigenvalue weighted by Crippen LogP contribution is 1.86. The Hall–Kier alpha value is -1.72. The molecule has 1 radical (unpaired) electrons. The van der Waals surface area contributed by atoms with Crippen LogP contribution in [-0.4, -0.2) is 12.1 Å². The van der Waals surface area contributed by atoms with Crippen LogP contribution in [-0.2, 0) is 0 Å². The van der Waals surface area contributed by atoms with E-state index in [4.69, 9.17) is 11.5 Å². The van der Waals surface area contributed by atoms with Gasteiger partial charge in [-0.15, -0.1) is 0 Å². The van der Waals surface area contributed by atoms with Crippen LogP contribution in [0.2, 0.25) is 0 Å². The zero-order valence-corrected chi connectivity index (χ0v) is 5.76. The van der Waals surface area contributed by atoms with E-state index in [1.807, 2.05) is 0 Å². The monoisotopic (exact) mass is 157 g/mol. The van der Waals surface area contributed by atoms with Crippen molar-refractivity contribution in [3.05, 3.63) is 18.8 Å². The van der Waals surface area contributed by atoms with Crippen molar-refractivity contribution in [3.8, 4) is 0 Å². The van der Waals surface area contributed by atoms with Gasteiger partial charge in [-0.05, 0) is 6.08 Å². The predicted molar refractivity (Wildman–Crippen MR) is 38.9 cm³/mol. The molecule has 0 atom stereocenters. The molecule has 0 bridgehead atoms. The van der Waals surface area contributed by atoms with Crippen LogP contribution in [0.25, 0.3) is 0 Å². The van der Waals surface area contributed by atoms with E-state index in [0.29, 0.717) is 0 Å². The average molecular weight is 157 g/mol. The largest absolute Gasteiger partial charge is 0.352 e. The van der Waals surface area contributed by atoms with E-state index in [1.165, 1.54) is 6.08 Å². The van der Waals surface area contributed by atoms with Gasteiger partial charge in [0.25, 0.3) is 0 Å². The average Bonchev–Trinajstić information content (AvgIpc) is 1.84. The number of nitrogens with one attached hydrogen (secondary N) is 2. The Morgan fingerprint density at radius 2 is 1.55 bits per heavy atom. The van der Waals surface area contributed by atoms with Gasteiger partial charge in [0.2, 0.25) is 0 Å². The van der Waals surface area contributed by atoms with Crippen molar-refractivity contribution in [3.63, 3.8) is 0 Å². The highest BCUT2D eigenvalue weighted by Gasteiger charge is 2.07. The van der Waals surface area contributed by atoms with Gasteiger partial charge in [0.1, 0.15) is 0 Å². The molecule has 6 nitrogen and oxygen atoms in total. The van der Waals surface area contributed by atoms with Gasteiger partial charge < -0.3 is 22.1 Å². The highest BCUT2D eigenvalue weighted by atomic mass is 16.2. The Kier molecular flexibility index (Phi) is 3.50. The summed E-state index contributed by atoms with van der Waals surface area (Å²) in [5.41, 5.74) is 9.47. The lowest BCUT2D eigenvalue weighted by molar-refractivity contribution is 0.244. The van der Waals surface area contributed by atoms with E-state index in [0.717, 1.165) is 0 Å². The molecule has 0 aliphatic heterocycles. The molecule has 61 valence electrons. The molecule has 0 unspecified atom stereocenters. The molecule has 0 spiro atoms. The fourth-order valence-electron chi connectivity index (χ4n) is 0.399. The Morgan fingerprint density at radius 1 is 1.18 bits per heavy atom. The smallest absolute Gasteiger partial charge is 0.314 e. The molecule has 0 fully saturated rings. The number of nitrogens with two attached hydrogens (primary N) is 2.